The van der Waals surface area contributed by atoms with Crippen LogP contribution < -0.4 is 10.1 Å². The Labute approximate surface area is 134 Å². The van der Waals surface area contributed by atoms with Crippen molar-refractivity contribution < 1.29 is 4.74 Å². The molecule has 1 saturated heterocycles. The molecule has 22 heavy (non-hydrogen) atoms. The molecular formula is C17H28N4O. The minimum atomic E-state index is 0.297. The molecule has 0 radical (unpaired) electrons. The maximum absolute atomic E-state index is 5.24. The summed E-state index contributed by atoms with van der Waals surface area (Å²) in [6.45, 7) is 3.05. The van der Waals surface area contributed by atoms with Crippen molar-refractivity contribution in [3.63, 3.8) is 0 Å². The second kappa shape index (κ2) is 8.03. The molecule has 2 rings (SSSR count). The van der Waals surface area contributed by atoms with E-state index >= 15 is 0 Å². The Morgan fingerprint density at radius 2 is 1.91 bits per heavy atom. The number of benzene rings is 1. The van der Waals surface area contributed by atoms with Gasteiger partial charge >= 0.3 is 0 Å². The van der Waals surface area contributed by atoms with Gasteiger partial charge in [-0.05, 0) is 44.6 Å². The summed E-state index contributed by atoms with van der Waals surface area (Å²) in [7, 11) is 7.77. The molecule has 1 aliphatic heterocycles. The number of ether oxygens (including phenoxy) is 1. The van der Waals surface area contributed by atoms with Crippen molar-refractivity contribution in [2.75, 3.05) is 47.9 Å². The minimum absolute atomic E-state index is 0.297. The quantitative estimate of drug-likeness (QED) is 0.667. The molecule has 1 atom stereocenters. The predicted molar refractivity (Wildman–Crippen MR) is 91.6 cm³/mol. The van der Waals surface area contributed by atoms with Crippen LogP contribution in [0.5, 0.6) is 5.75 Å². The van der Waals surface area contributed by atoms with Crippen LogP contribution in [-0.2, 0) is 0 Å². The molecule has 0 aromatic heterocycles. The summed E-state index contributed by atoms with van der Waals surface area (Å²) >= 11 is 0. The number of hydrogen-bond acceptors (Lipinski definition) is 3. The highest BCUT2D eigenvalue weighted by Gasteiger charge is 2.19. The zero-order valence-corrected chi connectivity index (χ0v) is 14.2. The van der Waals surface area contributed by atoms with Gasteiger partial charge in [0.05, 0.1) is 13.2 Å². The Morgan fingerprint density at radius 3 is 2.41 bits per heavy atom. The van der Waals surface area contributed by atoms with Crippen molar-refractivity contribution in [3.05, 3.63) is 29.8 Å². The van der Waals surface area contributed by atoms with E-state index in [-0.39, 0.29) is 0 Å². The summed E-state index contributed by atoms with van der Waals surface area (Å²) < 4.78 is 5.24. The minimum Gasteiger partial charge on any atom is -0.497 e. The topological polar surface area (TPSA) is 40.1 Å². The molecule has 1 fully saturated rings. The highest BCUT2D eigenvalue weighted by molar-refractivity contribution is 5.80. The second-order valence-corrected chi connectivity index (χ2v) is 5.87. The molecule has 0 bridgehead atoms. The maximum atomic E-state index is 5.24. The molecule has 5 nitrogen and oxygen atoms in total. The van der Waals surface area contributed by atoms with Crippen LogP contribution in [0, 0.1) is 0 Å². The zero-order chi connectivity index (χ0) is 15.9. The molecule has 0 aliphatic carbocycles. The summed E-state index contributed by atoms with van der Waals surface area (Å²) in [5, 5.41) is 3.52. The number of guanidine groups is 1. The summed E-state index contributed by atoms with van der Waals surface area (Å²) in [6, 6.07) is 8.58. The highest BCUT2D eigenvalue weighted by Crippen LogP contribution is 2.21. The van der Waals surface area contributed by atoms with E-state index in [9.17, 15) is 0 Å². The average Bonchev–Trinajstić information content (AvgIpc) is 3.06. The van der Waals surface area contributed by atoms with E-state index in [0.29, 0.717) is 6.04 Å². The molecule has 1 aromatic carbocycles. The Bertz CT molecular complexity index is 478. The summed E-state index contributed by atoms with van der Waals surface area (Å²) in [5.41, 5.74) is 1.27. The largest absolute Gasteiger partial charge is 0.497 e. The van der Waals surface area contributed by atoms with E-state index < -0.39 is 0 Å². The first kappa shape index (κ1) is 16.6. The number of likely N-dealkylation sites (tertiary alicyclic amines) is 1. The van der Waals surface area contributed by atoms with Gasteiger partial charge in [-0.15, -0.1) is 0 Å². The van der Waals surface area contributed by atoms with Gasteiger partial charge in [0.1, 0.15) is 5.75 Å². The first-order valence-corrected chi connectivity index (χ1v) is 7.91. The molecule has 0 spiro atoms. The molecule has 5 heteroatoms. The number of nitrogens with zero attached hydrogens (tertiary/aromatic N) is 3. The molecule has 1 unspecified atom stereocenters. The van der Waals surface area contributed by atoms with Gasteiger partial charge in [-0.3, -0.25) is 4.99 Å². The average molecular weight is 304 g/mol. The van der Waals surface area contributed by atoms with Crippen LogP contribution in [0.3, 0.4) is 0 Å². The van der Waals surface area contributed by atoms with Crippen molar-refractivity contribution in [1.29, 1.82) is 0 Å². The van der Waals surface area contributed by atoms with Crippen molar-refractivity contribution >= 4 is 5.96 Å². The van der Waals surface area contributed by atoms with Crippen LogP contribution in [0.1, 0.15) is 24.4 Å². The lowest BCUT2D eigenvalue weighted by Crippen LogP contribution is -2.43. The van der Waals surface area contributed by atoms with E-state index in [1.54, 1.807) is 7.11 Å². The normalized spacial score (nSPS) is 17.0. The van der Waals surface area contributed by atoms with Gasteiger partial charge in [-0.1, -0.05) is 12.1 Å². The number of hydrogen-bond donors (Lipinski definition) is 1. The van der Waals surface area contributed by atoms with Gasteiger partial charge < -0.3 is 19.9 Å². The Hall–Kier alpha value is -1.75. The number of rotatable bonds is 5. The van der Waals surface area contributed by atoms with Crippen molar-refractivity contribution in [3.8, 4) is 5.75 Å². The third-order valence-electron chi connectivity index (χ3n) is 4.19. The lowest BCUT2D eigenvalue weighted by Gasteiger charge is -2.28. The maximum Gasteiger partial charge on any atom is 0.193 e. The molecule has 1 aliphatic rings. The van der Waals surface area contributed by atoms with Gasteiger partial charge in [-0.2, -0.15) is 0 Å². The van der Waals surface area contributed by atoms with Gasteiger partial charge in [0.25, 0.3) is 0 Å². The number of likely N-dealkylation sites (N-methyl/N-ethyl adjacent to an activating group) is 1. The van der Waals surface area contributed by atoms with Crippen LogP contribution in [0.15, 0.2) is 29.3 Å². The van der Waals surface area contributed by atoms with Gasteiger partial charge in [0.2, 0.25) is 0 Å². The van der Waals surface area contributed by atoms with Crippen LogP contribution in [0.2, 0.25) is 0 Å². The molecular weight excluding hydrogens is 276 g/mol. The molecule has 0 amide bonds. The number of methoxy groups -OCH3 is 1. The predicted octanol–water partition coefficient (Wildman–Crippen LogP) is 1.97. The molecule has 1 N–H and O–H groups in total. The number of aliphatic imine (C=N–C) groups is 1. The van der Waals surface area contributed by atoms with E-state index in [4.69, 9.17) is 4.74 Å². The molecule has 1 heterocycles. The first-order chi connectivity index (χ1) is 10.7. The van der Waals surface area contributed by atoms with Crippen LogP contribution in [0.25, 0.3) is 0 Å². The van der Waals surface area contributed by atoms with Crippen LogP contribution in [0.4, 0.5) is 0 Å². The Balaban J connectivity index is 2.01. The number of nitrogens with one attached hydrogen (secondary N) is 1. The molecule has 0 saturated carbocycles. The van der Waals surface area contributed by atoms with Crippen LogP contribution in [-0.4, -0.2) is 63.6 Å². The smallest absolute Gasteiger partial charge is 0.193 e. The fourth-order valence-corrected chi connectivity index (χ4v) is 2.87. The third-order valence-corrected chi connectivity index (χ3v) is 4.19. The fourth-order valence-electron chi connectivity index (χ4n) is 2.87. The van der Waals surface area contributed by atoms with E-state index in [0.717, 1.165) is 31.3 Å². The second-order valence-electron chi connectivity index (χ2n) is 5.87. The third kappa shape index (κ3) is 4.13. The van der Waals surface area contributed by atoms with Crippen molar-refractivity contribution in [2.45, 2.75) is 18.9 Å². The zero-order valence-electron chi connectivity index (χ0n) is 14.2. The lowest BCUT2D eigenvalue weighted by atomic mass is 10.1. The monoisotopic (exact) mass is 304 g/mol. The molecule has 122 valence electrons. The van der Waals surface area contributed by atoms with E-state index in [2.05, 4.69) is 46.3 Å². The van der Waals surface area contributed by atoms with Gasteiger partial charge in [0.15, 0.2) is 5.96 Å². The van der Waals surface area contributed by atoms with Gasteiger partial charge in [0, 0.05) is 26.7 Å². The van der Waals surface area contributed by atoms with Crippen molar-refractivity contribution in [1.82, 2.24) is 15.1 Å². The SMILES string of the molecule is CN=C(NCC(c1ccc(OC)cc1)N(C)C)N1CCCC1. The Morgan fingerprint density at radius 1 is 1.27 bits per heavy atom. The fraction of sp³-hybridized carbons (Fsp3) is 0.588. The van der Waals surface area contributed by atoms with E-state index in [1.165, 1.54) is 18.4 Å². The lowest BCUT2D eigenvalue weighted by molar-refractivity contribution is 0.295. The summed E-state index contributed by atoms with van der Waals surface area (Å²) in [4.78, 5) is 8.98. The van der Waals surface area contributed by atoms with Crippen LogP contribution >= 0.6 is 0 Å². The van der Waals surface area contributed by atoms with Crippen molar-refractivity contribution in [2.24, 2.45) is 4.99 Å². The van der Waals surface area contributed by atoms with Gasteiger partial charge in [-0.25, -0.2) is 0 Å². The van der Waals surface area contributed by atoms with E-state index in [1.807, 2.05) is 19.2 Å². The molecule has 1 aromatic rings. The first-order valence-electron chi connectivity index (χ1n) is 7.91. The standard InChI is InChI=1S/C17H28N4O/c1-18-17(21-11-5-6-12-21)19-13-16(20(2)3)14-7-9-15(22-4)10-8-14/h7-10,16H,5-6,11-13H2,1-4H3,(H,18,19). The Kier molecular flexibility index (Phi) is 6.07. The highest BCUT2D eigenvalue weighted by atomic mass is 16.5. The summed E-state index contributed by atoms with van der Waals surface area (Å²) in [6.07, 6.45) is 2.52. The summed E-state index contributed by atoms with van der Waals surface area (Å²) in [5.74, 6) is 1.90.